The molecule has 0 aliphatic rings. The zero-order valence-corrected chi connectivity index (χ0v) is 16.3. The van der Waals surface area contributed by atoms with Gasteiger partial charge in [0.05, 0.1) is 11.7 Å². The second kappa shape index (κ2) is 7.41. The number of hydrogen-bond acceptors (Lipinski definition) is 4. The van der Waals surface area contributed by atoms with Crippen LogP contribution in [0.1, 0.15) is 42.3 Å². The van der Waals surface area contributed by atoms with E-state index in [1.54, 1.807) is 0 Å². The summed E-state index contributed by atoms with van der Waals surface area (Å²) in [5.74, 6) is -0.195. The van der Waals surface area contributed by atoms with Gasteiger partial charge in [0.15, 0.2) is 0 Å². The standard InChI is InChI=1S/C20H23N3O2S/c1-5-14-10-15-19(26-14)21-11-23(20(15)25)16(6-2)18(24)22-17-12(3)8-7-9-13(17)4/h7-11,16H,5-6H2,1-4H3,(H,22,24). The van der Waals surface area contributed by atoms with Crippen molar-refractivity contribution < 1.29 is 4.79 Å². The van der Waals surface area contributed by atoms with E-state index in [9.17, 15) is 9.59 Å². The monoisotopic (exact) mass is 369 g/mol. The molecule has 0 aliphatic carbocycles. The van der Waals surface area contributed by atoms with Crippen molar-refractivity contribution in [1.82, 2.24) is 9.55 Å². The first-order chi connectivity index (χ1) is 12.5. The van der Waals surface area contributed by atoms with Crippen molar-refractivity contribution in [3.63, 3.8) is 0 Å². The first-order valence-electron chi connectivity index (χ1n) is 8.82. The van der Waals surface area contributed by atoms with Crippen molar-refractivity contribution in [1.29, 1.82) is 0 Å². The lowest BCUT2D eigenvalue weighted by Gasteiger charge is -2.19. The molecule has 6 heteroatoms. The highest BCUT2D eigenvalue weighted by atomic mass is 32.1. The van der Waals surface area contributed by atoms with E-state index < -0.39 is 6.04 Å². The number of para-hydroxylation sites is 1. The molecule has 5 nitrogen and oxygen atoms in total. The summed E-state index contributed by atoms with van der Waals surface area (Å²) in [7, 11) is 0. The number of aryl methyl sites for hydroxylation is 3. The smallest absolute Gasteiger partial charge is 0.262 e. The van der Waals surface area contributed by atoms with Gasteiger partial charge in [-0.2, -0.15) is 0 Å². The van der Waals surface area contributed by atoms with E-state index in [2.05, 4.69) is 17.2 Å². The van der Waals surface area contributed by atoms with Crippen LogP contribution in [0.25, 0.3) is 10.2 Å². The lowest BCUT2D eigenvalue weighted by atomic mass is 10.1. The number of amides is 1. The summed E-state index contributed by atoms with van der Waals surface area (Å²) in [5.41, 5.74) is 2.65. The van der Waals surface area contributed by atoms with Gasteiger partial charge >= 0.3 is 0 Å². The van der Waals surface area contributed by atoms with Crippen LogP contribution in [0.3, 0.4) is 0 Å². The van der Waals surface area contributed by atoms with Gasteiger partial charge in [0.1, 0.15) is 10.9 Å². The van der Waals surface area contributed by atoms with Crippen LogP contribution >= 0.6 is 11.3 Å². The third-order valence-electron chi connectivity index (χ3n) is 4.63. The van der Waals surface area contributed by atoms with Crippen molar-refractivity contribution in [2.24, 2.45) is 0 Å². The molecule has 1 N–H and O–H groups in total. The maximum absolute atomic E-state index is 12.9. The second-order valence-electron chi connectivity index (χ2n) is 6.42. The van der Waals surface area contributed by atoms with Gasteiger partial charge in [-0.1, -0.05) is 32.0 Å². The number of nitrogens with one attached hydrogen (secondary N) is 1. The number of aromatic nitrogens is 2. The van der Waals surface area contributed by atoms with Gasteiger partial charge in [0, 0.05) is 10.6 Å². The SMILES string of the molecule is CCc1cc2c(=O)n(C(CC)C(=O)Nc3c(C)cccc3C)cnc2s1. The maximum Gasteiger partial charge on any atom is 0.262 e. The number of anilines is 1. The molecule has 3 rings (SSSR count). The number of benzene rings is 1. The summed E-state index contributed by atoms with van der Waals surface area (Å²) in [6.45, 7) is 7.87. The fraction of sp³-hybridized carbons (Fsp3) is 0.350. The first-order valence-corrected chi connectivity index (χ1v) is 9.64. The number of carbonyl (C=O) groups is 1. The van der Waals surface area contributed by atoms with E-state index in [4.69, 9.17) is 0 Å². The molecule has 3 aromatic rings. The Bertz CT molecular complexity index is 999. The highest BCUT2D eigenvalue weighted by molar-refractivity contribution is 7.18. The summed E-state index contributed by atoms with van der Waals surface area (Å²) < 4.78 is 1.46. The summed E-state index contributed by atoms with van der Waals surface area (Å²) in [4.78, 5) is 32.1. The Kier molecular flexibility index (Phi) is 5.23. The molecule has 1 atom stereocenters. The van der Waals surface area contributed by atoms with Crippen LogP contribution in [0.2, 0.25) is 0 Å². The molecule has 0 aliphatic heterocycles. The van der Waals surface area contributed by atoms with Crippen LogP contribution in [-0.4, -0.2) is 15.5 Å². The number of nitrogens with zero attached hydrogens (tertiary/aromatic N) is 2. The van der Waals surface area contributed by atoms with Crippen LogP contribution < -0.4 is 10.9 Å². The molecular formula is C20H23N3O2S. The minimum absolute atomic E-state index is 0.158. The predicted molar refractivity (Wildman–Crippen MR) is 107 cm³/mol. The van der Waals surface area contributed by atoms with Gasteiger partial charge in [-0.15, -0.1) is 11.3 Å². The summed E-state index contributed by atoms with van der Waals surface area (Å²) in [6.07, 6.45) is 2.87. The largest absolute Gasteiger partial charge is 0.324 e. The number of rotatable bonds is 5. The number of fused-ring (bicyclic) bond motifs is 1. The van der Waals surface area contributed by atoms with E-state index in [1.807, 2.05) is 45.0 Å². The number of hydrogen-bond donors (Lipinski definition) is 1. The highest BCUT2D eigenvalue weighted by Crippen LogP contribution is 2.24. The minimum Gasteiger partial charge on any atom is -0.324 e. The molecule has 0 fully saturated rings. The molecule has 0 saturated carbocycles. The number of carbonyl (C=O) groups excluding carboxylic acids is 1. The van der Waals surface area contributed by atoms with Crippen molar-refractivity contribution in [3.8, 4) is 0 Å². The molecule has 0 radical (unpaired) electrons. The van der Waals surface area contributed by atoms with Crippen molar-refractivity contribution >= 4 is 33.1 Å². The van der Waals surface area contributed by atoms with Crippen molar-refractivity contribution in [2.45, 2.75) is 46.6 Å². The molecule has 26 heavy (non-hydrogen) atoms. The fourth-order valence-corrected chi connectivity index (χ4v) is 4.03. The van der Waals surface area contributed by atoms with Crippen LogP contribution in [0.15, 0.2) is 35.4 Å². The average molecular weight is 369 g/mol. The predicted octanol–water partition coefficient (Wildman–Crippen LogP) is 4.23. The quantitative estimate of drug-likeness (QED) is 0.732. The molecule has 0 bridgehead atoms. The normalized spacial score (nSPS) is 12.3. The molecule has 136 valence electrons. The Labute approximate surface area is 156 Å². The van der Waals surface area contributed by atoms with Gasteiger partial charge in [0.25, 0.3) is 5.56 Å². The molecule has 1 aromatic carbocycles. The van der Waals surface area contributed by atoms with Gasteiger partial charge < -0.3 is 5.32 Å². The fourth-order valence-electron chi connectivity index (χ4n) is 3.11. The molecular weight excluding hydrogens is 346 g/mol. The van der Waals surface area contributed by atoms with Crippen LogP contribution in [0, 0.1) is 13.8 Å². The summed E-state index contributed by atoms with van der Waals surface area (Å²) in [5, 5.41) is 3.59. The molecule has 2 aromatic heterocycles. The highest BCUT2D eigenvalue weighted by Gasteiger charge is 2.22. The Hall–Kier alpha value is -2.47. The topological polar surface area (TPSA) is 64.0 Å². The van der Waals surface area contributed by atoms with Gasteiger partial charge in [0.2, 0.25) is 5.91 Å². The summed E-state index contributed by atoms with van der Waals surface area (Å²) in [6, 6.07) is 7.18. The number of thiophene rings is 1. The molecule has 0 saturated heterocycles. The Morgan fingerprint density at radius 1 is 1.27 bits per heavy atom. The van der Waals surface area contributed by atoms with Gasteiger partial charge in [-0.05, 0) is 43.9 Å². The van der Waals surface area contributed by atoms with E-state index in [0.717, 1.165) is 32.9 Å². The van der Waals surface area contributed by atoms with Crippen LogP contribution in [-0.2, 0) is 11.2 Å². The lowest BCUT2D eigenvalue weighted by Crippen LogP contribution is -2.33. The Morgan fingerprint density at radius 3 is 2.58 bits per heavy atom. The maximum atomic E-state index is 12.9. The van der Waals surface area contributed by atoms with Crippen molar-refractivity contribution in [3.05, 3.63) is 57.0 Å². The molecule has 1 unspecified atom stereocenters. The summed E-state index contributed by atoms with van der Waals surface area (Å²) >= 11 is 1.53. The Balaban J connectivity index is 1.98. The van der Waals surface area contributed by atoms with Crippen LogP contribution in [0.4, 0.5) is 5.69 Å². The van der Waals surface area contributed by atoms with Gasteiger partial charge in [-0.3, -0.25) is 14.2 Å². The minimum atomic E-state index is -0.594. The third-order valence-corrected chi connectivity index (χ3v) is 5.82. The average Bonchev–Trinajstić information content (AvgIpc) is 3.05. The van der Waals surface area contributed by atoms with Crippen molar-refractivity contribution in [2.75, 3.05) is 5.32 Å². The molecule has 2 heterocycles. The van der Waals surface area contributed by atoms with Gasteiger partial charge in [-0.25, -0.2) is 4.98 Å². The zero-order chi connectivity index (χ0) is 18.8. The first kappa shape index (κ1) is 18.3. The van der Waals surface area contributed by atoms with E-state index in [1.165, 1.54) is 22.2 Å². The third kappa shape index (κ3) is 3.29. The van der Waals surface area contributed by atoms with Crippen LogP contribution in [0.5, 0.6) is 0 Å². The lowest BCUT2D eigenvalue weighted by molar-refractivity contribution is -0.119. The van der Waals surface area contributed by atoms with E-state index >= 15 is 0 Å². The molecule has 0 spiro atoms. The second-order valence-corrected chi connectivity index (χ2v) is 7.54. The van der Waals surface area contributed by atoms with E-state index in [0.29, 0.717) is 11.8 Å². The Morgan fingerprint density at radius 2 is 1.96 bits per heavy atom. The van der Waals surface area contributed by atoms with E-state index in [-0.39, 0.29) is 11.5 Å². The zero-order valence-electron chi connectivity index (χ0n) is 15.5. The molecule has 1 amide bonds.